The Labute approximate surface area is 110 Å². The standard InChI is InChI=1S/C15H13F2NO/c1-9-7-11(3-5-13(9)17)15(19)18-14-6-4-12(16)8-10(14)2/h3-8H,1-2H3,(H,18,19). The number of benzene rings is 2. The van der Waals surface area contributed by atoms with E-state index in [4.69, 9.17) is 0 Å². The van der Waals surface area contributed by atoms with E-state index in [-0.39, 0.29) is 17.5 Å². The van der Waals surface area contributed by atoms with Crippen LogP contribution in [0.5, 0.6) is 0 Å². The zero-order chi connectivity index (χ0) is 14.0. The Bertz CT molecular complexity index is 638. The van der Waals surface area contributed by atoms with Crippen molar-refractivity contribution in [2.45, 2.75) is 13.8 Å². The maximum Gasteiger partial charge on any atom is 0.255 e. The highest BCUT2D eigenvalue weighted by atomic mass is 19.1. The fourth-order valence-electron chi connectivity index (χ4n) is 1.75. The third kappa shape index (κ3) is 2.96. The number of hydrogen-bond donors (Lipinski definition) is 1. The molecule has 0 saturated carbocycles. The minimum atomic E-state index is -0.354. The van der Waals surface area contributed by atoms with Gasteiger partial charge < -0.3 is 5.32 Å². The first-order valence-electron chi connectivity index (χ1n) is 5.81. The molecule has 0 fully saturated rings. The van der Waals surface area contributed by atoms with Gasteiger partial charge in [-0.05, 0) is 61.4 Å². The van der Waals surface area contributed by atoms with Gasteiger partial charge >= 0.3 is 0 Å². The highest BCUT2D eigenvalue weighted by Crippen LogP contribution is 2.17. The van der Waals surface area contributed by atoms with E-state index in [1.807, 2.05) is 0 Å². The summed E-state index contributed by atoms with van der Waals surface area (Å²) in [4.78, 5) is 12.0. The Kier molecular flexibility index (Phi) is 3.60. The second-order valence-electron chi connectivity index (χ2n) is 4.38. The first-order valence-corrected chi connectivity index (χ1v) is 5.81. The lowest BCUT2D eigenvalue weighted by atomic mass is 10.1. The number of halogens is 2. The zero-order valence-corrected chi connectivity index (χ0v) is 10.6. The Morgan fingerprint density at radius 3 is 2.37 bits per heavy atom. The summed E-state index contributed by atoms with van der Waals surface area (Å²) < 4.78 is 26.1. The molecule has 1 amide bonds. The van der Waals surface area contributed by atoms with Gasteiger partial charge in [0.15, 0.2) is 0 Å². The fraction of sp³-hybridized carbons (Fsp3) is 0.133. The fourth-order valence-corrected chi connectivity index (χ4v) is 1.75. The summed E-state index contributed by atoms with van der Waals surface area (Å²) in [5.41, 5.74) is 1.94. The summed E-state index contributed by atoms with van der Waals surface area (Å²) in [6.45, 7) is 3.30. The van der Waals surface area contributed by atoms with Gasteiger partial charge in [-0.3, -0.25) is 4.79 Å². The van der Waals surface area contributed by atoms with Gasteiger partial charge in [-0.1, -0.05) is 0 Å². The van der Waals surface area contributed by atoms with Crippen LogP contribution < -0.4 is 5.32 Å². The Balaban J connectivity index is 2.23. The third-order valence-corrected chi connectivity index (χ3v) is 2.86. The molecule has 0 aromatic heterocycles. The molecule has 1 N–H and O–H groups in total. The predicted molar refractivity (Wildman–Crippen MR) is 70.2 cm³/mol. The number of nitrogens with one attached hydrogen (secondary N) is 1. The molecule has 0 aliphatic carbocycles. The molecule has 0 heterocycles. The molecule has 2 aromatic rings. The summed E-state index contributed by atoms with van der Waals surface area (Å²) in [5.74, 6) is -1.06. The summed E-state index contributed by atoms with van der Waals surface area (Å²) in [6.07, 6.45) is 0. The van der Waals surface area contributed by atoms with Crippen LogP contribution in [0.1, 0.15) is 21.5 Å². The molecule has 0 spiro atoms. The molecule has 0 aliphatic rings. The molecule has 2 aromatic carbocycles. The second-order valence-corrected chi connectivity index (χ2v) is 4.38. The van der Waals surface area contributed by atoms with Gasteiger partial charge in [-0.25, -0.2) is 8.78 Å². The first-order chi connectivity index (χ1) is 8.97. The van der Waals surface area contributed by atoms with Crippen LogP contribution in [0.4, 0.5) is 14.5 Å². The van der Waals surface area contributed by atoms with Gasteiger partial charge in [0.2, 0.25) is 0 Å². The number of anilines is 1. The van der Waals surface area contributed by atoms with Crippen molar-refractivity contribution in [1.29, 1.82) is 0 Å². The van der Waals surface area contributed by atoms with Crippen LogP contribution in [0.15, 0.2) is 36.4 Å². The van der Waals surface area contributed by atoms with Gasteiger partial charge in [-0.2, -0.15) is 0 Å². The Morgan fingerprint density at radius 2 is 1.74 bits per heavy atom. The lowest BCUT2D eigenvalue weighted by molar-refractivity contribution is 0.102. The maximum absolute atomic E-state index is 13.1. The highest BCUT2D eigenvalue weighted by molar-refractivity contribution is 6.04. The van der Waals surface area contributed by atoms with Gasteiger partial charge in [0, 0.05) is 11.3 Å². The number of rotatable bonds is 2. The van der Waals surface area contributed by atoms with Crippen LogP contribution in [-0.2, 0) is 0 Å². The molecule has 0 saturated heterocycles. The molecule has 0 radical (unpaired) electrons. The predicted octanol–water partition coefficient (Wildman–Crippen LogP) is 3.83. The maximum atomic E-state index is 13.1. The normalized spacial score (nSPS) is 10.3. The average molecular weight is 261 g/mol. The third-order valence-electron chi connectivity index (χ3n) is 2.86. The van der Waals surface area contributed by atoms with E-state index in [0.717, 1.165) is 0 Å². The first kappa shape index (κ1) is 13.2. The van der Waals surface area contributed by atoms with Crippen molar-refractivity contribution in [2.24, 2.45) is 0 Å². The molecule has 98 valence electrons. The summed E-state index contributed by atoms with van der Waals surface area (Å²) in [7, 11) is 0. The Hall–Kier alpha value is -2.23. The molecule has 0 atom stereocenters. The number of hydrogen-bond acceptors (Lipinski definition) is 1. The van der Waals surface area contributed by atoms with E-state index in [1.165, 1.54) is 36.4 Å². The topological polar surface area (TPSA) is 29.1 Å². The lowest BCUT2D eigenvalue weighted by Crippen LogP contribution is -2.13. The lowest BCUT2D eigenvalue weighted by Gasteiger charge is -2.09. The van der Waals surface area contributed by atoms with Crippen LogP contribution in [0.3, 0.4) is 0 Å². The minimum absolute atomic E-state index is 0.349. The molecule has 2 nitrogen and oxygen atoms in total. The Morgan fingerprint density at radius 1 is 1.00 bits per heavy atom. The van der Waals surface area contributed by atoms with E-state index in [1.54, 1.807) is 13.8 Å². The molecular formula is C15H13F2NO. The number of amides is 1. The smallest absolute Gasteiger partial charge is 0.255 e. The van der Waals surface area contributed by atoms with Crippen molar-refractivity contribution in [2.75, 3.05) is 5.32 Å². The monoisotopic (exact) mass is 261 g/mol. The van der Waals surface area contributed by atoms with Gasteiger partial charge in [0.1, 0.15) is 11.6 Å². The molecule has 0 aliphatic heterocycles. The van der Waals surface area contributed by atoms with Crippen LogP contribution in [0.2, 0.25) is 0 Å². The summed E-state index contributed by atoms with van der Waals surface area (Å²) >= 11 is 0. The van der Waals surface area contributed by atoms with E-state index in [9.17, 15) is 13.6 Å². The number of aryl methyl sites for hydroxylation is 2. The van der Waals surface area contributed by atoms with Crippen molar-refractivity contribution in [1.82, 2.24) is 0 Å². The molecule has 0 unspecified atom stereocenters. The van der Waals surface area contributed by atoms with Crippen LogP contribution in [0, 0.1) is 25.5 Å². The van der Waals surface area contributed by atoms with Crippen molar-refractivity contribution >= 4 is 11.6 Å². The van der Waals surface area contributed by atoms with Gasteiger partial charge in [0.25, 0.3) is 5.91 Å². The van der Waals surface area contributed by atoms with Crippen LogP contribution in [0.25, 0.3) is 0 Å². The molecule has 4 heteroatoms. The van der Waals surface area contributed by atoms with Crippen molar-refractivity contribution in [3.05, 3.63) is 64.7 Å². The number of carbonyl (C=O) groups excluding carboxylic acids is 1. The average Bonchev–Trinajstić information content (AvgIpc) is 2.36. The molecule has 2 rings (SSSR count). The van der Waals surface area contributed by atoms with Crippen LogP contribution >= 0.6 is 0 Å². The van der Waals surface area contributed by atoms with Crippen molar-refractivity contribution < 1.29 is 13.6 Å². The van der Waals surface area contributed by atoms with E-state index < -0.39 is 0 Å². The highest BCUT2D eigenvalue weighted by Gasteiger charge is 2.09. The summed E-state index contributed by atoms with van der Waals surface area (Å²) in [6, 6.07) is 8.25. The number of carbonyl (C=O) groups is 1. The molecular weight excluding hydrogens is 248 g/mol. The van der Waals surface area contributed by atoms with E-state index >= 15 is 0 Å². The van der Waals surface area contributed by atoms with Crippen molar-refractivity contribution in [3.8, 4) is 0 Å². The van der Waals surface area contributed by atoms with Gasteiger partial charge in [-0.15, -0.1) is 0 Å². The van der Waals surface area contributed by atoms with E-state index in [0.29, 0.717) is 22.4 Å². The minimum Gasteiger partial charge on any atom is -0.322 e. The van der Waals surface area contributed by atoms with E-state index in [2.05, 4.69) is 5.32 Å². The van der Waals surface area contributed by atoms with Crippen molar-refractivity contribution in [3.63, 3.8) is 0 Å². The molecule has 19 heavy (non-hydrogen) atoms. The largest absolute Gasteiger partial charge is 0.322 e. The van der Waals surface area contributed by atoms with Crippen LogP contribution in [-0.4, -0.2) is 5.91 Å². The second kappa shape index (κ2) is 5.18. The molecule has 0 bridgehead atoms. The SMILES string of the molecule is Cc1cc(C(=O)Nc2ccc(F)cc2C)ccc1F. The quantitative estimate of drug-likeness (QED) is 0.874. The van der Waals surface area contributed by atoms with Gasteiger partial charge in [0.05, 0.1) is 0 Å². The zero-order valence-electron chi connectivity index (χ0n) is 10.6. The summed E-state index contributed by atoms with van der Waals surface area (Å²) in [5, 5.41) is 2.67.